The number of phenols is 1. The largest absolute Gasteiger partial charge is 0.506 e. The van der Waals surface area contributed by atoms with Crippen molar-refractivity contribution in [1.82, 2.24) is 10.2 Å². The van der Waals surface area contributed by atoms with E-state index < -0.39 is 0 Å². The van der Waals surface area contributed by atoms with E-state index in [9.17, 15) is 5.11 Å². The lowest BCUT2D eigenvalue weighted by Crippen LogP contribution is -2.48. The van der Waals surface area contributed by atoms with Crippen LogP contribution in [0, 0.1) is 5.41 Å². The van der Waals surface area contributed by atoms with Crippen molar-refractivity contribution >= 4 is 23.2 Å². The zero-order valence-corrected chi connectivity index (χ0v) is 13.7. The maximum absolute atomic E-state index is 10.4. The van der Waals surface area contributed by atoms with Gasteiger partial charge in [-0.2, -0.15) is 0 Å². The number of nitrogens with one attached hydrogen (secondary N) is 1. The fourth-order valence-corrected chi connectivity index (χ4v) is 3.45. The van der Waals surface area contributed by atoms with Crippen molar-refractivity contribution in [1.29, 1.82) is 0 Å². The van der Waals surface area contributed by atoms with Gasteiger partial charge in [0.2, 0.25) is 0 Å². The predicted molar refractivity (Wildman–Crippen MR) is 84.8 cm³/mol. The van der Waals surface area contributed by atoms with E-state index in [2.05, 4.69) is 31.0 Å². The molecule has 0 aliphatic carbocycles. The molecule has 2 N–H and O–H groups in total. The average molecular weight is 317 g/mol. The molecule has 0 bridgehead atoms. The number of hydrogen-bond acceptors (Lipinski definition) is 3. The lowest BCUT2D eigenvalue weighted by molar-refractivity contribution is 0.0843. The summed E-state index contributed by atoms with van der Waals surface area (Å²) in [7, 11) is 0. The summed E-state index contributed by atoms with van der Waals surface area (Å²) in [5, 5.41) is 14.6. The van der Waals surface area contributed by atoms with Gasteiger partial charge >= 0.3 is 0 Å². The van der Waals surface area contributed by atoms with Crippen LogP contribution in [0.15, 0.2) is 12.1 Å². The van der Waals surface area contributed by atoms with E-state index in [4.69, 9.17) is 23.2 Å². The summed E-state index contributed by atoms with van der Waals surface area (Å²) in [5.41, 5.74) is 0.792. The van der Waals surface area contributed by atoms with Crippen LogP contribution in [0.5, 0.6) is 5.75 Å². The molecular formula is C15H22Cl2N2O. The Morgan fingerprint density at radius 1 is 1.20 bits per heavy atom. The first-order valence-corrected chi connectivity index (χ1v) is 7.69. The van der Waals surface area contributed by atoms with Crippen LogP contribution in [0.4, 0.5) is 0 Å². The van der Waals surface area contributed by atoms with Gasteiger partial charge in [0.15, 0.2) is 0 Å². The van der Waals surface area contributed by atoms with Crippen LogP contribution >= 0.6 is 23.2 Å². The molecule has 1 aromatic rings. The molecule has 1 heterocycles. The van der Waals surface area contributed by atoms with Gasteiger partial charge in [0.1, 0.15) is 5.75 Å². The number of piperazine rings is 1. The minimum absolute atomic E-state index is 0.0250. The molecule has 1 aliphatic heterocycles. The monoisotopic (exact) mass is 316 g/mol. The second-order valence-electron chi connectivity index (χ2n) is 6.38. The van der Waals surface area contributed by atoms with E-state index >= 15 is 0 Å². The molecule has 0 unspecified atom stereocenters. The van der Waals surface area contributed by atoms with Crippen molar-refractivity contribution in [2.75, 3.05) is 26.2 Å². The van der Waals surface area contributed by atoms with Crippen molar-refractivity contribution in [2.24, 2.45) is 5.41 Å². The molecule has 0 radical (unpaired) electrons. The van der Waals surface area contributed by atoms with Crippen LogP contribution < -0.4 is 5.32 Å². The highest BCUT2D eigenvalue weighted by atomic mass is 35.5. The minimum Gasteiger partial charge on any atom is -0.506 e. The number of halogens is 2. The van der Waals surface area contributed by atoms with Crippen molar-refractivity contribution in [3.05, 3.63) is 27.7 Å². The molecule has 2 rings (SSSR count). The average Bonchev–Trinajstić information content (AvgIpc) is 2.35. The van der Waals surface area contributed by atoms with Gasteiger partial charge in [-0.25, -0.2) is 0 Å². The standard InChI is InChI=1S/C15H22Cl2N2O/c1-15(2,3)14(19-6-4-18-5-7-19)11-8-10(16)9-12(17)13(11)20/h8-9,14,18,20H,4-7H2,1-3H3/t14-/m0/s1. The number of aromatic hydroxyl groups is 1. The van der Waals surface area contributed by atoms with Crippen molar-refractivity contribution in [3.8, 4) is 5.75 Å². The molecule has 1 saturated heterocycles. The Kier molecular flexibility index (Phi) is 4.85. The second-order valence-corrected chi connectivity index (χ2v) is 7.22. The van der Waals surface area contributed by atoms with Crippen LogP contribution in [0.25, 0.3) is 0 Å². The molecule has 1 fully saturated rings. The molecule has 1 aromatic carbocycles. The Morgan fingerprint density at radius 2 is 1.80 bits per heavy atom. The Bertz CT molecular complexity index is 479. The summed E-state index contributed by atoms with van der Waals surface area (Å²) in [6, 6.07) is 3.50. The molecule has 5 heteroatoms. The van der Waals surface area contributed by atoms with E-state index in [0.29, 0.717) is 10.0 Å². The van der Waals surface area contributed by atoms with E-state index in [1.807, 2.05) is 6.07 Å². The lowest BCUT2D eigenvalue weighted by Gasteiger charge is -2.42. The summed E-state index contributed by atoms with van der Waals surface area (Å²) >= 11 is 12.2. The molecular weight excluding hydrogens is 295 g/mol. The molecule has 112 valence electrons. The molecule has 1 aliphatic rings. The van der Waals surface area contributed by atoms with Gasteiger partial charge in [-0.1, -0.05) is 44.0 Å². The number of benzene rings is 1. The van der Waals surface area contributed by atoms with Gasteiger partial charge in [-0.3, -0.25) is 4.90 Å². The van der Waals surface area contributed by atoms with Crippen LogP contribution in [0.1, 0.15) is 32.4 Å². The molecule has 0 amide bonds. The van der Waals surface area contributed by atoms with E-state index in [1.165, 1.54) is 0 Å². The normalized spacial score (nSPS) is 19.1. The Balaban J connectivity index is 2.46. The van der Waals surface area contributed by atoms with Gasteiger partial charge in [0, 0.05) is 42.8 Å². The van der Waals surface area contributed by atoms with E-state index in [-0.39, 0.29) is 17.2 Å². The molecule has 3 nitrogen and oxygen atoms in total. The summed E-state index contributed by atoms with van der Waals surface area (Å²) in [4.78, 5) is 2.39. The van der Waals surface area contributed by atoms with Gasteiger partial charge < -0.3 is 10.4 Å². The minimum atomic E-state index is -0.0250. The van der Waals surface area contributed by atoms with Gasteiger partial charge in [0.25, 0.3) is 0 Å². The SMILES string of the molecule is CC(C)(C)[C@H](c1cc(Cl)cc(Cl)c1O)N1CCNCC1. The smallest absolute Gasteiger partial charge is 0.139 e. The first-order chi connectivity index (χ1) is 9.30. The summed E-state index contributed by atoms with van der Waals surface area (Å²) in [6.45, 7) is 10.3. The molecule has 0 spiro atoms. The summed E-state index contributed by atoms with van der Waals surface area (Å²) < 4.78 is 0. The maximum atomic E-state index is 10.4. The fourth-order valence-electron chi connectivity index (χ4n) is 2.95. The number of rotatable bonds is 2. The Labute approximate surface area is 130 Å². The van der Waals surface area contributed by atoms with Gasteiger partial charge in [-0.15, -0.1) is 0 Å². The summed E-state index contributed by atoms with van der Waals surface area (Å²) in [6.07, 6.45) is 0. The number of phenolic OH excluding ortho intramolecular Hbond substituents is 1. The Hall–Kier alpha value is -0.480. The topological polar surface area (TPSA) is 35.5 Å². The third-order valence-electron chi connectivity index (χ3n) is 3.69. The zero-order valence-electron chi connectivity index (χ0n) is 12.2. The summed E-state index contributed by atoms with van der Waals surface area (Å²) in [5.74, 6) is 0.148. The van der Waals surface area contributed by atoms with Crippen LogP contribution in [-0.2, 0) is 0 Å². The Morgan fingerprint density at radius 3 is 2.35 bits per heavy atom. The fraction of sp³-hybridized carbons (Fsp3) is 0.600. The highest BCUT2D eigenvalue weighted by molar-refractivity contribution is 6.35. The number of nitrogens with zero attached hydrogens (tertiary/aromatic N) is 1. The van der Waals surface area contributed by atoms with Gasteiger partial charge in [0.05, 0.1) is 5.02 Å². The quantitative estimate of drug-likeness (QED) is 0.873. The molecule has 0 aromatic heterocycles. The van der Waals surface area contributed by atoms with Crippen molar-refractivity contribution in [2.45, 2.75) is 26.8 Å². The zero-order chi connectivity index (χ0) is 14.9. The van der Waals surface area contributed by atoms with Crippen LogP contribution in [0.3, 0.4) is 0 Å². The highest BCUT2D eigenvalue weighted by Gasteiger charge is 2.34. The van der Waals surface area contributed by atoms with E-state index in [0.717, 1.165) is 31.7 Å². The predicted octanol–water partition coefficient (Wildman–Crippen LogP) is 3.69. The van der Waals surface area contributed by atoms with Crippen molar-refractivity contribution in [3.63, 3.8) is 0 Å². The third-order valence-corrected chi connectivity index (χ3v) is 4.20. The van der Waals surface area contributed by atoms with Crippen molar-refractivity contribution < 1.29 is 5.11 Å². The number of hydrogen-bond donors (Lipinski definition) is 2. The van der Waals surface area contributed by atoms with Gasteiger partial charge in [-0.05, 0) is 17.5 Å². The van der Waals surface area contributed by atoms with E-state index in [1.54, 1.807) is 6.07 Å². The van der Waals surface area contributed by atoms with Crippen LogP contribution in [-0.4, -0.2) is 36.2 Å². The molecule has 1 atom stereocenters. The molecule has 20 heavy (non-hydrogen) atoms. The first-order valence-electron chi connectivity index (χ1n) is 6.93. The molecule has 0 saturated carbocycles. The maximum Gasteiger partial charge on any atom is 0.139 e. The second kappa shape index (κ2) is 6.10. The lowest BCUT2D eigenvalue weighted by atomic mass is 9.80. The third kappa shape index (κ3) is 3.40. The first kappa shape index (κ1) is 15.9. The highest BCUT2D eigenvalue weighted by Crippen LogP contribution is 2.45. The van der Waals surface area contributed by atoms with Crippen LogP contribution in [0.2, 0.25) is 10.0 Å².